The van der Waals surface area contributed by atoms with Crippen LogP contribution in [0, 0.1) is 5.92 Å². The Balaban J connectivity index is 2.61. The number of carbonyl (C=O) groups is 1. The molecule has 2 heteroatoms. The molecule has 0 bridgehead atoms. The zero-order chi connectivity index (χ0) is 9.68. The fraction of sp³-hybridized carbons (Fsp3) is 0.545. The number of allylic oxidation sites excluding steroid dienone is 3. The minimum atomic E-state index is 0.231. The van der Waals surface area contributed by atoms with Crippen LogP contribution in [0.25, 0.3) is 0 Å². The lowest BCUT2D eigenvalue weighted by Crippen LogP contribution is -2.29. The van der Waals surface area contributed by atoms with Crippen LogP contribution in [0.5, 0.6) is 0 Å². The lowest BCUT2D eigenvalue weighted by atomic mass is 10.1. The molecule has 1 heterocycles. The van der Waals surface area contributed by atoms with Crippen molar-refractivity contribution in [1.82, 2.24) is 4.90 Å². The van der Waals surface area contributed by atoms with Crippen LogP contribution in [-0.4, -0.2) is 17.4 Å². The van der Waals surface area contributed by atoms with E-state index in [-0.39, 0.29) is 5.91 Å². The topological polar surface area (TPSA) is 20.3 Å². The molecule has 0 atom stereocenters. The molecule has 1 amide bonds. The maximum atomic E-state index is 11.5. The number of amides is 1. The highest BCUT2D eigenvalue weighted by atomic mass is 16.2. The van der Waals surface area contributed by atoms with Gasteiger partial charge in [-0.3, -0.25) is 4.79 Å². The molecule has 0 aromatic carbocycles. The quantitative estimate of drug-likeness (QED) is 0.637. The van der Waals surface area contributed by atoms with Gasteiger partial charge in [0.1, 0.15) is 0 Å². The van der Waals surface area contributed by atoms with Crippen LogP contribution >= 0.6 is 0 Å². The highest BCUT2D eigenvalue weighted by molar-refractivity contribution is 5.77. The van der Waals surface area contributed by atoms with Gasteiger partial charge >= 0.3 is 0 Å². The van der Waals surface area contributed by atoms with Crippen molar-refractivity contribution in [3.63, 3.8) is 0 Å². The standard InChI is InChI=1S/C11H17NO/c1-10(2)9-12-8-6-4-3-5-7-11(12)13/h3-4,6,8,10H,5,7,9H2,1-2H3. The van der Waals surface area contributed by atoms with E-state index in [2.05, 4.69) is 13.8 Å². The van der Waals surface area contributed by atoms with E-state index < -0.39 is 0 Å². The van der Waals surface area contributed by atoms with Crippen molar-refractivity contribution in [2.75, 3.05) is 6.54 Å². The first kappa shape index (κ1) is 10.0. The van der Waals surface area contributed by atoms with Gasteiger partial charge in [0.15, 0.2) is 0 Å². The summed E-state index contributed by atoms with van der Waals surface area (Å²) in [6, 6.07) is 0. The summed E-state index contributed by atoms with van der Waals surface area (Å²) in [7, 11) is 0. The summed E-state index contributed by atoms with van der Waals surface area (Å²) in [5, 5.41) is 0. The summed E-state index contributed by atoms with van der Waals surface area (Å²) < 4.78 is 0. The van der Waals surface area contributed by atoms with Crippen LogP contribution in [0.3, 0.4) is 0 Å². The molecule has 13 heavy (non-hydrogen) atoms. The predicted molar refractivity (Wildman–Crippen MR) is 54.1 cm³/mol. The van der Waals surface area contributed by atoms with Crippen molar-refractivity contribution in [3.05, 3.63) is 24.4 Å². The molecular formula is C11H17NO. The van der Waals surface area contributed by atoms with Crippen LogP contribution in [0.4, 0.5) is 0 Å². The molecule has 1 aliphatic rings. The van der Waals surface area contributed by atoms with Crippen molar-refractivity contribution in [1.29, 1.82) is 0 Å². The lowest BCUT2D eigenvalue weighted by Gasteiger charge is -2.20. The van der Waals surface area contributed by atoms with Gasteiger partial charge in [0.25, 0.3) is 0 Å². The number of carbonyl (C=O) groups excluding carboxylic acids is 1. The van der Waals surface area contributed by atoms with Crippen molar-refractivity contribution < 1.29 is 4.79 Å². The minimum Gasteiger partial charge on any atom is -0.319 e. The molecule has 0 saturated carbocycles. The highest BCUT2D eigenvalue weighted by Gasteiger charge is 2.11. The summed E-state index contributed by atoms with van der Waals surface area (Å²) in [6.07, 6.45) is 9.32. The summed E-state index contributed by atoms with van der Waals surface area (Å²) in [5.74, 6) is 0.756. The van der Waals surface area contributed by atoms with Crippen LogP contribution in [0.2, 0.25) is 0 Å². The van der Waals surface area contributed by atoms with Gasteiger partial charge in [0.2, 0.25) is 5.91 Å². The molecule has 72 valence electrons. The Bertz CT molecular complexity index is 228. The van der Waals surface area contributed by atoms with Gasteiger partial charge in [-0.15, -0.1) is 0 Å². The second kappa shape index (κ2) is 4.85. The molecule has 0 spiro atoms. The Morgan fingerprint density at radius 2 is 2.23 bits per heavy atom. The van der Waals surface area contributed by atoms with Gasteiger partial charge in [0, 0.05) is 19.2 Å². The summed E-state index contributed by atoms with van der Waals surface area (Å²) in [6.45, 7) is 5.06. The number of hydrogen-bond donors (Lipinski definition) is 0. The first-order chi connectivity index (χ1) is 6.20. The molecule has 0 fully saturated rings. The highest BCUT2D eigenvalue weighted by Crippen LogP contribution is 2.07. The van der Waals surface area contributed by atoms with Crippen LogP contribution in [-0.2, 0) is 4.79 Å². The third-order valence-electron chi connectivity index (χ3n) is 1.92. The van der Waals surface area contributed by atoms with Crippen molar-refractivity contribution in [2.45, 2.75) is 26.7 Å². The van der Waals surface area contributed by atoms with Gasteiger partial charge in [-0.25, -0.2) is 0 Å². The molecular weight excluding hydrogens is 162 g/mol. The fourth-order valence-electron chi connectivity index (χ4n) is 1.32. The Morgan fingerprint density at radius 1 is 1.46 bits per heavy atom. The maximum absolute atomic E-state index is 11.5. The third-order valence-corrected chi connectivity index (χ3v) is 1.92. The van der Waals surface area contributed by atoms with E-state index in [9.17, 15) is 4.79 Å². The van der Waals surface area contributed by atoms with Crippen molar-refractivity contribution >= 4 is 5.91 Å². The van der Waals surface area contributed by atoms with Gasteiger partial charge in [-0.1, -0.05) is 26.0 Å². The molecule has 0 aromatic heterocycles. The molecule has 1 rings (SSSR count). The zero-order valence-corrected chi connectivity index (χ0v) is 8.36. The Hall–Kier alpha value is -1.05. The summed E-state index contributed by atoms with van der Waals surface area (Å²) in [4.78, 5) is 13.4. The van der Waals surface area contributed by atoms with E-state index in [4.69, 9.17) is 0 Å². The summed E-state index contributed by atoms with van der Waals surface area (Å²) in [5.41, 5.74) is 0. The average Bonchev–Trinajstić information content (AvgIpc) is 2.04. The van der Waals surface area contributed by atoms with E-state index in [1.54, 1.807) is 0 Å². The van der Waals surface area contributed by atoms with Gasteiger partial charge in [-0.05, 0) is 18.4 Å². The molecule has 2 nitrogen and oxygen atoms in total. The first-order valence-electron chi connectivity index (χ1n) is 4.83. The molecule has 0 aliphatic carbocycles. The number of nitrogens with zero attached hydrogens (tertiary/aromatic N) is 1. The Kier molecular flexibility index (Phi) is 3.74. The molecule has 0 radical (unpaired) electrons. The Morgan fingerprint density at radius 3 is 2.92 bits per heavy atom. The molecule has 1 aliphatic heterocycles. The van der Waals surface area contributed by atoms with E-state index in [1.807, 2.05) is 29.3 Å². The third kappa shape index (κ3) is 3.45. The minimum absolute atomic E-state index is 0.231. The van der Waals surface area contributed by atoms with Gasteiger partial charge < -0.3 is 4.90 Å². The van der Waals surface area contributed by atoms with Crippen molar-refractivity contribution in [2.24, 2.45) is 5.92 Å². The van der Waals surface area contributed by atoms with Crippen molar-refractivity contribution in [3.8, 4) is 0 Å². The smallest absolute Gasteiger partial charge is 0.226 e. The average molecular weight is 179 g/mol. The molecule has 0 unspecified atom stereocenters. The van der Waals surface area contributed by atoms with E-state index in [0.717, 1.165) is 13.0 Å². The largest absolute Gasteiger partial charge is 0.319 e. The molecule has 0 N–H and O–H groups in total. The normalized spacial score (nSPS) is 17.8. The molecule has 0 aromatic rings. The monoisotopic (exact) mass is 179 g/mol. The lowest BCUT2D eigenvalue weighted by molar-refractivity contribution is -0.129. The second-order valence-corrected chi connectivity index (χ2v) is 3.75. The first-order valence-corrected chi connectivity index (χ1v) is 4.83. The fourth-order valence-corrected chi connectivity index (χ4v) is 1.32. The van der Waals surface area contributed by atoms with Gasteiger partial charge in [0.05, 0.1) is 0 Å². The van der Waals surface area contributed by atoms with Gasteiger partial charge in [-0.2, -0.15) is 0 Å². The van der Waals surface area contributed by atoms with E-state index in [1.165, 1.54) is 0 Å². The predicted octanol–water partition coefficient (Wildman–Crippen LogP) is 2.33. The summed E-state index contributed by atoms with van der Waals surface area (Å²) >= 11 is 0. The van der Waals surface area contributed by atoms with E-state index in [0.29, 0.717) is 12.3 Å². The maximum Gasteiger partial charge on any atom is 0.226 e. The zero-order valence-electron chi connectivity index (χ0n) is 8.36. The Labute approximate surface area is 79.9 Å². The van der Waals surface area contributed by atoms with Crippen LogP contribution in [0.15, 0.2) is 24.4 Å². The number of rotatable bonds is 2. The molecule has 0 saturated heterocycles. The second-order valence-electron chi connectivity index (χ2n) is 3.75. The SMILES string of the molecule is CC(C)CN1C=CC=CCCC1=O. The number of hydrogen-bond acceptors (Lipinski definition) is 1. The van der Waals surface area contributed by atoms with E-state index >= 15 is 0 Å². The van der Waals surface area contributed by atoms with Crippen LogP contribution < -0.4 is 0 Å². The van der Waals surface area contributed by atoms with Crippen LogP contribution in [0.1, 0.15) is 26.7 Å².